The van der Waals surface area contributed by atoms with Crippen LogP contribution in [0.15, 0.2) is 24.3 Å². The summed E-state index contributed by atoms with van der Waals surface area (Å²) < 4.78 is 5.58. The molecule has 0 saturated carbocycles. The predicted octanol–water partition coefficient (Wildman–Crippen LogP) is 3.50. The minimum Gasteiger partial charge on any atom is -0.492 e. The van der Waals surface area contributed by atoms with Gasteiger partial charge in [-0.05, 0) is 30.0 Å². The Hall–Kier alpha value is -1.51. The van der Waals surface area contributed by atoms with Gasteiger partial charge in [-0.1, -0.05) is 39.3 Å². The molecule has 3 heteroatoms. The van der Waals surface area contributed by atoms with Gasteiger partial charge in [-0.3, -0.25) is 4.79 Å². The minimum absolute atomic E-state index is 0.112. The lowest BCUT2D eigenvalue weighted by Crippen LogP contribution is -2.27. The first-order valence-electron chi connectivity index (χ1n) is 7.13. The van der Waals surface area contributed by atoms with Crippen molar-refractivity contribution in [2.75, 3.05) is 13.2 Å². The molecule has 106 valence electrons. The van der Waals surface area contributed by atoms with Gasteiger partial charge in [0.15, 0.2) is 0 Å². The highest BCUT2D eigenvalue weighted by Gasteiger charge is 2.01. The Bertz CT molecular complexity index is 371. The SMILES string of the molecule is CCCCC(=O)NCCOc1ccc(C(C)C)cc1. The highest BCUT2D eigenvalue weighted by molar-refractivity contribution is 5.75. The molecule has 0 bridgehead atoms. The van der Waals surface area contributed by atoms with E-state index >= 15 is 0 Å². The van der Waals surface area contributed by atoms with Gasteiger partial charge in [-0.15, -0.1) is 0 Å². The molecule has 1 N–H and O–H groups in total. The van der Waals surface area contributed by atoms with E-state index in [-0.39, 0.29) is 5.91 Å². The Labute approximate surface area is 116 Å². The van der Waals surface area contributed by atoms with Crippen LogP contribution < -0.4 is 10.1 Å². The van der Waals surface area contributed by atoms with Crippen LogP contribution in [0.5, 0.6) is 5.75 Å². The summed E-state index contributed by atoms with van der Waals surface area (Å²) in [6.45, 7) is 7.49. The third-order valence-electron chi connectivity index (χ3n) is 3.00. The lowest BCUT2D eigenvalue weighted by molar-refractivity contribution is -0.121. The molecule has 0 heterocycles. The van der Waals surface area contributed by atoms with Crippen molar-refractivity contribution >= 4 is 5.91 Å². The molecular weight excluding hydrogens is 238 g/mol. The standard InChI is InChI=1S/C16H25NO2/c1-4-5-6-16(18)17-11-12-19-15-9-7-14(8-10-15)13(2)3/h7-10,13H,4-6,11-12H2,1-3H3,(H,17,18). The average molecular weight is 263 g/mol. The van der Waals surface area contributed by atoms with Crippen LogP contribution in [0.3, 0.4) is 0 Å². The topological polar surface area (TPSA) is 38.3 Å². The molecule has 0 spiro atoms. The number of rotatable bonds is 8. The van der Waals surface area contributed by atoms with Gasteiger partial charge >= 0.3 is 0 Å². The van der Waals surface area contributed by atoms with Crippen LogP contribution in [0.4, 0.5) is 0 Å². The number of ether oxygens (including phenoxy) is 1. The molecule has 1 aromatic rings. The molecule has 3 nitrogen and oxygen atoms in total. The molecule has 0 unspecified atom stereocenters. The second kappa shape index (κ2) is 8.57. The monoisotopic (exact) mass is 263 g/mol. The van der Waals surface area contributed by atoms with E-state index < -0.39 is 0 Å². The molecule has 1 amide bonds. The van der Waals surface area contributed by atoms with Crippen LogP contribution in [-0.2, 0) is 4.79 Å². The average Bonchev–Trinajstić information content (AvgIpc) is 2.41. The summed E-state index contributed by atoms with van der Waals surface area (Å²) in [5.74, 6) is 1.50. The third kappa shape index (κ3) is 6.27. The number of nitrogens with one attached hydrogen (secondary N) is 1. The highest BCUT2D eigenvalue weighted by atomic mass is 16.5. The smallest absolute Gasteiger partial charge is 0.220 e. The summed E-state index contributed by atoms with van der Waals surface area (Å²) in [4.78, 5) is 11.4. The number of unbranched alkanes of at least 4 members (excludes halogenated alkanes) is 1. The first-order chi connectivity index (χ1) is 9.13. The predicted molar refractivity (Wildman–Crippen MR) is 78.6 cm³/mol. The Morgan fingerprint density at radius 3 is 2.53 bits per heavy atom. The van der Waals surface area contributed by atoms with Crippen LogP contribution in [-0.4, -0.2) is 19.1 Å². The van der Waals surface area contributed by atoms with E-state index in [0.29, 0.717) is 25.5 Å². The number of hydrogen-bond acceptors (Lipinski definition) is 2. The van der Waals surface area contributed by atoms with Gasteiger partial charge < -0.3 is 10.1 Å². The Morgan fingerprint density at radius 1 is 1.26 bits per heavy atom. The second-order valence-electron chi connectivity index (χ2n) is 5.03. The fourth-order valence-corrected chi connectivity index (χ4v) is 1.73. The number of hydrogen-bond donors (Lipinski definition) is 1. The summed E-state index contributed by atoms with van der Waals surface area (Å²) in [6.07, 6.45) is 2.61. The molecule has 0 aliphatic heterocycles. The first-order valence-corrected chi connectivity index (χ1v) is 7.13. The van der Waals surface area contributed by atoms with Gasteiger partial charge in [0.1, 0.15) is 12.4 Å². The molecule has 1 aromatic carbocycles. The molecule has 0 atom stereocenters. The highest BCUT2D eigenvalue weighted by Crippen LogP contribution is 2.18. The number of carbonyl (C=O) groups is 1. The fraction of sp³-hybridized carbons (Fsp3) is 0.562. The van der Waals surface area contributed by atoms with Crippen molar-refractivity contribution in [3.8, 4) is 5.75 Å². The molecule has 0 radical (unpaired) electrons. The van der Waals surface area contributed by atoms with E-state index in [1.165, 1.54) is 5.56 Å². The normalized spacial score (nSPS) is 10.5. The first kappa shape index (κ1) is 15.5. The summed E-state index contributed by atoms with van der Waals surface area (Å²) in [7, 11) is 0. The van der Waals surface area contributed by atoms with Crippen molar-refractivity contribution in [1.29, 1.82) is 0 Å². The van der Waals surface area contributed by atoms with E-state index in [1.807, 2.05) is 12.1 Å². The molecule has 0 aromatic heterocycles. The number of benzene rings is 1. The Morgan fingerprint density at radius 2 is 1.95 bits per heavy atom. The maximum Gasteiger partial charge on any atom is 0.220 e. The van der Waals surface area contributed by atoms with E-state index in [1.54, 1.807) is 0 Å². The summed E-state index contributed by atoms with van der Waals surface area (Å²) in [6, 6.07) is 8.13. The zero-order chi connectivity index (χ0) is 14.1. The van der Waals surface area contributed by atoms with Crippen molar-refractivity contribution in [3.63, 3.8) is 0 Å². The third-order valence-corrected chi connectivity index (χ3v) is 3.00. The van der Waals surface area contributed by atoms with Crippen molar-refractivity contribution in [2.24, 2.45) is 0 Å². The van der Waals surface area contributed by atoms with Gasteiger partial charge in [0.05, 0.1) is 6.54 Å². The maximum atomic E-state index is 11.4. The van der Waals surface area contributed by atoms with Crippen molar-refractivity contribution in [3.05, 3.63) is 29.8 Å². The molecular formula is C16H25NO2. The molecule has 19 heavy (non-hydrogen) atoms. The maximum absolute atomic E-state index is 11.4. The molecule has 0 fully saturated rings. The molecule has 0 aliphatic rings. The van der Waals surface area contributed by atoms with Gasteiger partial charge in [-0.2, -0.15) is 0 Å². The second-order valence-corrected chi connectivity index (χ2v) is 5.03. The zero-order valence-electron chi connectivity index (χ0n) is 12.2. The van der Waals surface area contributed by atoms with Gasteiger partial charge in [0.2, 0.25) is 5.91 Å². The van der Waals surface area contributed by atoms with Gasteiger partial charge in [0.25, 0.3) is 0 Å². The van der Waals surface area contributed by atoms with Gasteiger partial charge in [0, 0.05) is 6.42 Å². The summed E-state index contributed by atoms with van der Waals surface area (Å²) >= 11 is 0. The lowest BCUT2D eigenvalue weighted by Gasteiger charge is -2.09. The lowest BCUT2D eigenvalue weighted by atomic mass is 10.0. The molecule has 0 aliphatic carbocycles. The number of carbonyl (C=O) groups excluding carboxylic acids is 1. The van der Waals surface area contributed by atoms with Crippen molar-refractivity contribution < 1.29 is 9.53 Å². The zero-order valence-corrected chi connectivity index (χ0v) is 12.2. The largest absolute Gasteiger partial charge is 0.492 e. The van der Waals surface area contributed by atoms with Crippen LogP contribution in [0.25, 0.3) is 0 Å². The van der Waals surface area contributed by atoms with E-state index in [2.05, 4.69) is 38.2 Å². The van der Waals surface area contributed by atoms with E-state index in [4.69, 9.17) is 4.74 Å². The fourth-order valence-electron chi connectivity index (χ4n) is 1.73. The van der Waals surface area contributed by atoms with Crippen molar-refractivity contribution in [2.45, 2.75) is 46.0 Å². The quantitative estimate of drug-likeness (QED) is 0.729. The Balaban J connectivity index is 2.20. The van der Waals surface area contributed by atoms with Crippen molar-refractivity contribution in [1.82, 2.24) is 5.32 Å². The van der Waals surface area contributed by atoms with Crippen LogP contribution >= 0.6 is 0 Å². The van der Waals surface area contributed by atoms with E-state index in [9.17, 15) is 4.79 Å². The summed E-state index contributed by atoms with van der Waals surface area (Å²) in [5, 5.41) is 2.85. The van der Waals surface area contributed by atoms with Crippen LogP contribution in [0.2, 0.25) is 0 Å². The summed E-state index contributed by atoms with van der Waals surface area (Å²) in [5.41, 5.74) is 1.31. The Kier molecular flexibility index (Phi) is 7.01. The number of amides is 1. The minimum atomic E-state index is 0.112. The molecule has 0 saturated heterocycles. The molecule has 1 rings (SSSR count). The van der Waals surface area contributed by atoms with Gasteiger partial charge in [-0.25, -0.2) is 0 Å². The van der Waals surface area contributed by atoms with Crippen LogP contribution in [0, 0.1) is 0 Å². The van der Waals surface area contributed by atoms with E-state index in [0.717, 1.165) is 18.6 Å². The van der Waals surface area contributed by atoms with Crippen LogP contribution in [0.1, 0.15) is 51.5 Å².